The van der Waals surface area contributed by atoms with Gasteiger partial charge in [0.05, 0.1) is 6.61 Å². The van der Waals surface area contributed by atoms with Crippen molar-refractivity contribution < 1.29 is 19.4 Å². The van der Waals surface area contributed by atoms with Crippen LogP contribution in [-0.4, -0.2) is 43.9 Å². The van der Waals surface area contributed by atoms with E-state index >= 15 is 0 Å². The molecule has 0 radical (unpaired) electrons. The Kier molecular flexibility index (Phi) is 6.47. The first-order valence-corrected chi connectivity index (χ1v) is 4.28. The molecule has 0 fully saturated rings. The maximum atomic E-state index is 10.9. The largest absolute Gasteiger partial charge is 0.480 e. The zero-order valence-corrected chi connectivity index (χ0v) is 8.37. The standard InChI is InChI=1S/C8H16N2O4/c1-6(5-14-2)3-9-8(13)10-4-7(11)12/h6H,3-5H2,1-2H3,(H,11,12)(H2,9,10,13). The molecule has 1 unspecified atom stereocenters. The molecule has 0 aliphatic rings. The Labute approximate surface area is 82.6 Å². The summed E-state index contributed by atoms with van der Waals surface area (Å²) < 4.78 is 4.87. The zero-order valence-electron chi connectivity index (χ0n) is 8.37. The van der Waals surface area contributed by atoms with E-state index < -0.39 is 12.0 Å². The molecule has 0 rings (SSSR count). The fraction of sp³-hybridized carbons (Fsp3) is 0.750. The van der Waals surface area contributed by atoms with Crippen molar-refractivity contribution in [3.8, 4) is 0 Å². The molecule has 0 aliphatic carbocycles. The van der Waals surface area contributed by atoms with Crippen LogP contribution in [0.5, 0.6) is 0 Å². The van der Waals surface area contributed by atoms with Crippen molar-refractivity contribution in [3.63, 3.8) is 0 Å². The predicted molar refractivity (Wildman–Crippen MR) is 50.1 cm³/mol. The molecule has 82 valence electrons. The van der Waals surface area contributed by atoms with Gasteiger partial charge in [0.25, 0.3) is 0 Å². The van der Waals surface area contributed by atoms with Crippen LogP contribution in [0.1, 0.15) is 6.92 Å². The summed E-state index contributed by atoms with van der Waals surface area (Å²) in [6, 6.07) is -0.477. The fourth-order valence-corrected chi connectivity index (χ4v) is 0.829. The van der Waals surface area contributed by atoms with Crippen molar-refractivity contribution in [2.24, 2.45) is 5.92 Å². The number of hydrogen-bond acceptors (Lipinski definition) is 3. The van der Waals surface area contributed by atoms with Gasteiger partial charge in [0, 0.05) is 13.7 Å². The van der Waals surface area contributed by atoms with Gasteiger partial charge in [0.15, 0.2) is 0 Å². The minimum absolute atomic E-state index is 0.204. The molecule has 2 amide bonds. The lowest BCUT2D eigenvalue weighted by atomic mass is 10.2. The Balaban J connectivity index is 3.48. The highest BCUT2D eigenvalue weighted by atomic mass is 16.5. The third-order valence-electron chi connectivity index (χ3n) is 1.46. The highest BCUT2D eigenvalue weighted by Gasteiger charge is 2.05. The van der Waals surface area contributed by atoms with Crippen molar-refractivity contribution in [2.45, 2.75) is 6.92 Å². The molecule has 0 aromatic heterocycles. The Bertz CT molecular complexity index is 196. The van der Waals surface area contributed by atoms with Gasteiger partial charge in [0.1, 0.15) is 6.54 Å². The summed E-state index contributed by atoms with van der Waals surface area (Å²) in [5.74, 6) is -0.860. The third-order valence-corrected chi connectivity index (χ3v) is 1.46. The summed E-state index contributed by atoms with van der Waals surface area (Å²) >= 11 is 0. The SMILES string of the molecule is COCC(C)CNC(=O)NCC(=O)O. The minimum Gasteiger partial charge on any atom is -0.480 e. The quantitative estimate of drug-likeness (QED) is 0.552. The van der Waals surface area contributed by atoms with Crippen molar-refractivity contribution in [1.29, 1.82) is 0 Å². The average molecular weight is 204 g/mol. The van der Waals surface area contributed by atoms with E-state index in [1.54, 1.807) is 7.11 Å². The van der Waals surface area contributed by atoms with Crippen molar-refractivity contribution in [2.75, 3.05) is 26.8 Å². The molecule has 0 saturated carbocycles. The number of rotatable bonds is 6. The number of carbonyl (C=O) groups excluding carboxylic acids is 1. The van der Waals surface area contributed by atoms with E-state index in [2.05, 4.69) is 10.6 Å². The van der Waals surface area contributed by atoms with Crippen molar-refractivity contribution in [1.82, 2.24) is 10.6 Å². The van der Waals surface area contributed by atoms with Crippen molar-refractivity contribution in [3.05, 3.63) is 0 Å². The lowest BCUT2D eigenvalue weighted by Gasteiger charge is -2.11. The van der Waals surface area contributed by atoms with Gasteiger partial charge in [0.2, 0.25) is 0 Å². The molecule has 6 nitrogen and oxygen atoms in total. The molecule has 0 aliphatic heterocycles. The summed E-state index contributed by atoms with van der Waals surface area (Å²) in [5, 5.41) is 13.0. The van der Waals surface area contributed by atoms with Crippen LogP contribution < -0.4 is 10.6 Å². The zero-order chi connectivity index (χ0) is 11.0. The number of amides is 2. The normalized spacial score (nSPS) is 11.9. The van der Waals surface area contributed by atoms with E-state index in [-0.39, 0.29) is 12.5 Å². The molecular formula is C8H16N2O4. The Morgan fingerprint density at radius 1 is 1.43 bits per heavy atom. The third kappa shape index (κ3) is 7.35. The monoisotopic (exact) mass is 204 g/mol. The highest BCUT2D eigenvalue weighted by molar-refractivity contribution is 5.79. The fourth-order valence-electron chi connectivity index (χ4n) is 0.829. The molecular weight excluding hydrogens is 188 g/mol. The van der Waals surface area contributed by atoms with Crippen LogP contribution in [0.15, 0.2) is 0 Å². The topological polar surface area (TPSA) is 87.7 Å². The van der Waals surface area contributed by atoms with E-state index in [0.717, 1.165) is 0 Å². The lowest BCUT2D eigenvalue weighted by Crippen LogP contribution is -2.40. The van der Waals surface area contributed by atoms with Crippen LogP contribution in [-0.2, 0) is 9.53 Å². The second kappa shape index (κ2) is 7.14. The maximum Gasteiger partial charge on any atom is 0.323 e. The number of carbonyl (C=O) groups is 2. The van der Waals surface area contributed by atoms with E-state index in [4.69, 9.17) is 9.84 Å². The summed E-state index contributed by atoms with van der Waals surface area (Å²) in [6.07, 6.45) is 0. The maximum absolute atomic E-state index is 10.9. The summed E-state index contributed by atoms with van der Waals surface area (Å²) in [6.45, 7) is 2.56. The second-order valence-electron chi connectivity index (χ2n) is 3.02. The molecule has 0 spiro atoms. The second-order valence-corrected chi connectivity index (χ2v) is 3.02. The van der Waals surface area contributed by atoms with Gasteiger partial charge in [-0.3, -0.25) is 4.79 Å². The Morgan fingerprint density at radius 2 is 2.07 bits per heavy atom. The van der Waals surface area contributed by atoms with Gasteiger partial charge in [-0.1, -0.05) is 6.92 Å². The summed E-state index contributed by atoms with van der Waals surface area (Å²) in [5.41, 5.74) is 0. The van der Waals surface area contributed by atoms with Crippen LogP contribution in [0.2, 0.25) is 0 Å². The van der Waals surface area contributed by atoms with E-state index in [9.17, 15) is 9.59 Å². The van der Waals surface area contributed by atoms with Crippen LogP contribution >= 0.6 is 0 Å². The van der Waals surface area contributed by atoms with Crippen LogP contribution in [0.3, 0.4) is 0 Å². The number of hydrogen-bond donors (Lipinski definition) is 3. The molecule has 0 bridgehead atoms. The number of carboxylic acids is 1. The van der Waals surface area contributed by atoms with Crippen molar-refractivity contribution >= 4 is 12.0 Å². The van der Waals surface area contributed by atoms with E-state index in [1.165, 1.54) is 0 Å². The Morgan fingerprint density at radius 3 is 2.57 bits per heavy atom. The van der Waals surface area contributed by atoms with Gasteiger partial charge in [-0.25, -0.2) is 4.79 Å². The highest BCUT2D eigenvalue weighted by Crippen LogP contribution is 1.91. The minimum atomic E-state index is -1.06. The molecule has 0 aromatic rings. The van der Waals surface area contributed by atoms with E-state index in [1.807, 2.05) is 6.92 Å². The number of urea groups is 1. The van der Waals surface area contributed by atoms with Crippen LogP contribution in [0.4, 0.5) is 4.79 Å². The van der Waals surface area contributed by atoms with Gasteiger partial charge in [-0.2, -0.15) is 0 Å². The number of carboxylic acid groups (broad SMARTS) is 1. The van der Waals surface area contributed by atoms with E-state index in [0.29, 0.717) is 13.2 Å². The molecule has 0 heterocycles. The first-order chi connectivity index (χ1) is 6.56. The van der Waals surface area contributed by atoms with Gasteiger partial charge in [-0.05, 0) is 5.92 Å². The summed E-state index contributed by atoms with van der Waals surface area (Å²) in [4.78, 5) is 21.0. The number of aliphatic carboxylic acids is 1. The van der Waals surface area contributed by atoms with Gasteiger partial charge < -0.3 is 20.5 Å². The molecule has 0 saturated heterocycles. The smallest absolute Gasteiger partial charge is 0.323 e. The average Bonchev–Trinajstić information content (AvgIpc) is 2.12. The first-order valence-electron chi connectivity index (χ1n) is 4.28. The first kappa shape index (κ1) is 12.7. The molecule has 1 atom stereocenters. The number of methoxy groups -OCH3 is 1. The molecule has 3 N–H and O–H groups in total. The Hall–Kier alpha value is -1.30. The summed E-state index contributed by atoms with van der Waals surface area (Å²) in [7, 11) is 1.58. The molecule has 14 heavy (non-hydrogen) atoms. The molecule has 0 aromatic carbocycles. The molecule has 6 heteroatoms. The number of ether oxygens (including phenoxy) is 1. The van der Waals surface area contributed by atoms with Crippen LogP contribution in [0, 0.1) is 5.92 Å². The number of nitrogens with one attached hydrogen (secondary N) is 2. The van der Waals surface area contributed by atoms with Gasteiger partial charge in [-0.15, -0.1) is 0 Å². The lowest BCUT2D eigenvalue weighted by molar-refractivity contribution is -0.135. The predicted octanol–water partition coefficient (Wildman–Crippen LogP) is -0.347. The van der Waals surface area contributed by atoms with Gasteiger partial charge >= 0.3 is 12.0 Å². The van der Waals surface area contributed by atoms with Crippen LogP contribution in [0.25, 0.3) is 0 Å².